The number of benzene rings is 1. The minimum absolute atomic E-state index is 0.218. The van der Waals surface area contributed by atoms with Crippen molar-refractivity contribution >= 4 is 12.6 Å². The van der Waals surface area contributed by atoms with Gasteiger partial charge in [0.2, 0.25) is 0 Å². The van der Waals surface area contributed by atoms with Crippen molar-refractivity contribution in [3.8, 4) is 0 Å². The predicted molar refractivity (Wildman–Crippen MR) is 71.1 cm³/mol. The maximum absolute atomic E-state index is 12.9. The van der Waals surface area contributed by atoms with Gasteiger partial charge in [0.05, 0.1) is 6.54 Å². The molecule has 1 heterocycles. The largest absolute Gasteiger partial charge is 0.488 e. The van der Waals surface area contributed by atoms with E-state index in [9.17, 15) is 18.0 Å². The van der Waals surface area contributed by atoms with E-state index in [-0.39, 0.29) is 12.0 Å². The summed E-state index contributed by atoms with van der Waals surface area (Å²) in [5.41, 5.74) is -1.12. The second-order valence-electron chi connectivity index (χ2n) is 4.45. The van der Waals surface area contributed by atoms with Crippen LogP contribution in [0.15, 0.2) is 47.3 Å². The molecule has 0 bridgehead atoms. The molecular formula is C13H11BF3NO3. The number of halogens is 3. The van der Waals surface area contributed by atoms with Gasteiger partial charge in [-0.25, -0.2) is 0 Å². The summed E-state index contributed by atoms with van der Waals surface area (Å²) in [7, 11) is -1.65. The van der Waals surface area contributed by atoms with E-state index in [1.807, 2.05) is 0 Å². The van der Waals surface area contributed by atoms with E-state index in [1.165, 1.54) is 24.3 Å². The first-order chi connectivity index (χ1) is 9.79. The highest BCUT2D eigenvalue weighted by atomic mass is 19.4. The number of nitrogens with zero attached hydrogens (tertiary/aromatic N) is 1. The number of hydrogen-bond donors (Lipinski definition) is 2. The molecule has 0 fully saturated rings. The van der Waals surface area contributed by atoms with Gasteiger partial charge in [0, 0.05) is 6.07 Å². The van der Waals surface area contributed by atoms with Crippen molar-refractivity contribution in [2.24, 2.45) is 0 Å². The van der Waals surface area contributed by atoms with Crippen LogP contribution in [-0.4, -0.2) is 21.7 Å². The normalized spacial score (nSPS) is 11.5. The van der Waals surface area contributed by atoms with Crippen LogP contribution in [-0.2, 0) is 12.7 Å². The Bertz CT molecular complexity index is 680. The number of aromatic nitrogens is 1. The van der Waals surface area contributed by atoms with Crippen LogP contribution < -0.4 is 11.0 Å². The minimum Gasteiger partial charge on any atom is -0.423 e. The monoisotopic (exact) mass is 297 g/mol. The SMILES string of the molecule is O=c1cccc(C(F)(F)F)n1Cc1ccc(B(O)O)cc1. The number of alkyl halides is 3. The van der Waals surface area contributed by atoms with E-state index in [4.69, 9.17) is 10.0 Å². The first-order valence-electron chi connectivity index (χ1n) is 6.01. The van der Waals surface area contributed by atoms with Gasteiger partial charge in [-0.05, 0) is 17.1 Å². The van der Waals surface area contributed by atoms with Gasteiger partial charge in [-0.15, -0.1) is 0 Å². The van der Waals surface area contributed by atoms with Crippen LogP contribution in [0.4, 0.5) is 13.2 Å². The highest BCUT2D eigenvalue weighted by Gasteiger charge is 2.34. The molecule has 0 radical (unpaired) electrons. The molecule has 0 aliphatic carbocycles. The Hall–Kier alpha value is -2.06. The summed E-state index contributed by atoms with van der Waals surface area (Å²) < 4.78 is 39.3. The van der Waals surface area contributed by atoms with Crippen LogP contribution in [0.3, 0.4) is 0 Å². The molecule has 1 aromatic carbocycles. The van der Waals surface area contributed by atoms with Crippen molar-refractivity contribution in [3.05, 3.63) is 64.1 Å². The van der Waals surface area contributed by atoms with Gasteiger partial charge >= 0.3 is 13.3 Å². The molecule has 0 unspecified atom stereocenters. The summed E-state index contributed by atoms with van der Waals surface area (Å²) >= 11 is 0. The lowest BCUT2D eigenvalue weighted by molar-refractivity contribution is -0.144. The third-order valence-electron chi connectivity index (χ3n) is 2.96. The molecule has 8 heteroatoms. The van der Waals surface area contributed by atoms with Gasteiger partial charge < -0.3 is 10.0 Å². The molecule has 0 atom stereocenters. The lowest BCUT2D eigenvalue weighted by atomic mass is 9.80. The molecule has 0 amide bonds. The first-order valence-corrected chi connectivity index (χ1v) is 6.01. The van der Waals surface area contributed by atoms with Crippen LogP contribution in [0.1, 0.15) is 11.3 Å². The molecule has 21 heavy (non-hydrogen) atoms. The van der Waals surface area contributed by atoms with Gasteiger partial charge in [-0.2, -0.15) is 13.2 Å². The fourth-order valence-corrected chi connectivity index (χ4v) is 1.91. The Morgan fingerprint density at radius 2 is 1.67 bits per heavy atom. The summed E-state index contributed by atoms with van der Waals surface area (Å²) in [5.74, 6) is 0. The molecule has 0 spiro atoms. The molecule has 110 valence electrons. The summed E-state index contributed by atoms with van der Waals surface area (Å²) in [6.07, 6.45) is -4.62. The summed E-state index contributed by atoms with van der Waals surface area (Å²) in [6.45, 7) is -0.254. The molecule has 0 saturated heterocycles. The van der Waals surface area contributed by atoms with Crippen molar-refractivity contribution in [2.75, 3.05) is 0 Å². The van der Waals surface area contributed by atoms with Gasteiger partial charge in [0.1, 0.15) is 5.69 Å². The lowest BCUT2D eigenvalue weighted by Gasteiger charge is -2.15. The molecule has 4 nitrogen and oxygen atoms in total. The van der Waals surface area contributed by atoms with Gasteiger partial charge in [-0.1, -0.05) is 30.3 Å². The topological polar surface area (TPSA) is 62.5 Å². The quantitative estimate of drug-likeness (QED) is 0.815. The molecule has 2 aromatic rings. The van der Waals surface area contributed by atoms with Crippen molar-refractivity contribution < 1.29 is 23.2 Å². The third-order valence-corrected chi connectivity index (χ3v) is 2.96. The van der Waals surface area contributed by atoms with Crippen LogP contribution in [0, 0.1) is 0 Å². The van der Waals surface area contributed by atoms with E-state index < -0.39 is 24.5 Å². The van der Waals surface area contributed by atoms with Crippen molar-refractivity contribution in [1.29, 1.82) is 0 Å². The molecule has 0 aliphatic heterocycles. The predicted octanol–water partition coefficient (Wildman–Crippen LogP) is 0.595. The van der Waals surface area contributed by atoms with Crippen molar-refractivity contribution in [1.82, 2.24) is 4.57 Å². The van der Waals surface area contributed by atoms with E-state index in [1.54, 1.807) is 0 Å². The number of hydrogen-bond acceptors (Lipinski definition) is 3. The highest BCUT2D eigenvalue weighted by molar-refractivity contribution is 6.58. The maximum Gasteiger partial charge on any atom is 0.488 e. The summed E-state index contributed by atoms with van der Waals surface area (Å²) in [6, 6.07) is 8.59. The summed E-state index contributed by atoms with van der Waals surface area (Å²) in [5, 5.41) is 17.9. The maximum atomic E-state index is 12.9. The van der Waals surface area contributed by atoms with Crippen LogP contribution in [0.25, 0.3) is 0 Å². The Labute approximate surface area is 118 Å². The van der Waals surface area contributed by atoms with E-state index in [0.29, 0.717) is 10.1 Å². The zero-order valence-electron chi connectivity index (χ0n) is 10.7. The van der Waals surface area contributed by atoms with E-state index in [2.05, 4.69) is 0 Å². The average molecular weight is 297 g/mol. The highest BCUT2D eigenvalue weighted by Crippen LogP contribution is 2.28. The Kier molecular flexibility index (Phi) is 4.20. The summed E-state index contributed by atoms with van der Waals surface area (Å²) in [4.78, 5) is 11.6. The van der Waals surface area contributed by atoms with Crippen LogP contribution in [0.5, 0.6) is 0 Å². The average Bonchev–Trinajstić information content (AvgIpc) is 2.40. The number of rotatable bonds is 3. The first kappa shape index (κ1) is 15.3. The zero-order valence-corrected chi connectivity index (χ0v) is 10.7. The lowest BCUT2D eigenvalue weighted by Crippen LogP contribution is -2.30. The second kappa shape index (κ2) is 5.75. The fraction of sp³-hybridized carbons (Fsp3) is 0.154. The molecule has 0 aliphatic rings. The van der Waals surface area contributed by atoms with E-state index >= 15 is 0 Å². The number of pyridine rings is 1. The second-order valence-corrected chi connectivity index (χ2v) is 4.45. The van der Waals surface area contributed by atoms with Gasteiger partial charge in [0.15, 0.2) is 0 Å². The molecule has 2 rings (SSSR count). The zero-order chi connectivity index (χ0) is 15.6. The van der Waals surface area contributed by atoms with Crippen LogP contribution in [0.2, 0.25) is 0 Å². The van der Waals surface area contributed by atoms with Crippen molar-refractivity contribution in [3.63, 3.8) is 0 Å². The van der Waals surface area contributed by atoms with Gasteiger partial charge in [0.25, 0.3) is 5.56 Å². The van der Waals surface area contributed by atoms with E-state index in [0.717, 1.165) is 18.2 Å². The Balaban J connectivity index is 2.38. The molecule has 0 saturated carbocycles. The van der Waals surface area contributed by atoms with Gasteiger partial charge in [-0.3, -0.25) is 9.36 Å². The molecular weight excluding hydrogens is 286 g/mol. The standard InChI is InChI=1S/C13H11BF3NO3/c15-13(16,17)11-2-1-3-12(19)18(11)8-9-4-6-10(7-5-9)14(20)21/h1-7,20-21H,8H2. The smallest absolute Gasteiger partial charge is 0.423 e. The minimum atomic E-state index is -4.62. The Morgan fingerprint density at radius 3 is 2.19 bits per heavy atom. The fourth-order valence-electron chi connectivity index (χ4n) is 1.91. The third kappa shape index (κ3) is 3.53. The Morgan fingerprint density at radius 1 is 1.05 bits per heavy atom. The van der Waals surface area contributed by atoms with Crippen molar-refractivity contribution in [2.45, 2.75) is 12.7 Å². The molecule has 2 N–H and O–H groups in total. The van der Waals surface area contributed by atoms with Crippen LogP contribution >= 0.6 is 0 Å². The molecule has 1 aromatic heterocycles.